The number of carbonyl (C=O) groups is 2. The van der Waals surface area contributed by atoms with Crippen molar-refractivity contribution in [3.8, 4) is 0 Å². The Labute approximate surface area is 138 Å². The van der Waals surface area contributed by atoms with Gasteiger partial charge in [-0.1, -0.05) is 26.0 Å². The fraction of sp³-hybridized carbons (Fsp3) is 0.556. The summed E-state index contributed by atoms with van der Waals surface area (Å²) < 4.78 is 0. The molecule has 0 saturated heterocycles. The predicted octanol–water partition coefficient (Wildman–Crippen LogP) is 0.932. The summed E-state index contributed by atoms with van der Waals surface area (Å²) in [6.07, 6.45) is 3.26. The zero-order chi connectivity index (χ0) is 16.8. The minimum atomic E-state index is -0.0713. The van der Waals surface area contributed by atoms with Gasteiger partial charge in [0.2, 0.25) is 0 Å². The maximum Gasteiger partial charge on any atom is 0.279 e. The van der Waals surface area contributed by atoms with E-state index in [9.17, 15) is 9.59 Å². The average Bonchev–Trinajstić information content (AvgIpc) is 3.30. The van der Waals surface area contributed by atoms with Crippen LogP contribution in [0.15, 0.2) is 24.3 Å². The van der Waals surface area contributed by atoms with Crippen LogP contribution in [0.2, 0.25) is 0 Å². The Morgan fingerprint density at radius 1 is 1.17 bits per heavy atom. The van der Waals surface area contributed by atoms with E-state index in [-0.39, 0.29) is 18.4 Å². The largest absolute Gasteiger partial charge is 0.348 e. The van der Waals surface area contributed by atoms with Crippen molar-refractivity contribution in [1.29, 1.82) is 0 Å². The van der Waals surface area contributed by atoms with Crippen LogP contribution in [0, 0.1) is 0 Å². The molecule has 1 aliphatic carbocycles. The Morgan fingerprint density at radius 2 is 1.78 bits per heavy atom. The molecular formula is C18H28N3O2+. The second-order valence-electron chi connectivity index (χ2n) is 6.63. The van der Waals surface area contributed by atoms with Crippen molar-refractivity contribution in [2.24, 2.45) is 0 Å². The highest BCUT2D eigenvalue weighted by atomic mass is 16.2. The van der Waals surface area contributed by atoms with Crippen molar-refractivity contribution in [1.82, 2.24) is 5.32 Å². The molecule has 0 radical (unpaired) electrons. The van der Waals surface area contributed by atoms with Crippen molar-refractivity contribution in [3.05, 3.63) is 29.8 Å². The molecule has 5 nitrogen and oxygen atoms in total. The molecule has 2 rings (SSSR count). The summed E-state index contributed by atoms with van der Waals surface area (Å²) in [4.78, 5) is 24.6. The third-order valence-electron chi connectivity index (χ3n) is 4.24. The molecule has 2 amide bonds. The molecule has 1 fully saturated rings. The minimum absolute atomic E-state index is 0.0238. The van der Waals surface area contributed by atoms with E-state index in [0.717, 1.165) is 29.8 Å². The van der Waals surface area contributed by atoms with Gasteiger partial charge in [-0.2, -0.15) is 0 Å². The quantitative estimate of drug-likeness (QED) is 0.668. The van der Waals surface area contributed by atoms with Gasteiger partial charge in [0.25, 0.3) is 11.8 Å². The van der Waals surface area contributed by atoms with Gasteiger partial charge >= 0.3 is 0 Å². The van der Waals surface area contributed by atoms with Crippen molar-refractivity contribution < 1.29 is 14.5 Å². The van der Waals surface area contributed by atoms with E-state index in [1.54, 1.807) is 0 Å². The Balaban J connectivity index is 1.75. The Kier molecular flexibility index (Phi) is 6.16. The lowest BCUT2D eigenvalue weighted by Crippen LogP contribution is -3.11. The van der Waals surface area contributed by atoms with Crippen molar-refractivity contribution >= 4 is 17.5 Å². The van der Waals surface area contributed by atoms with Crippen LogP contribution in [0.3, 0.4) is 0 Å². The summed E-state index contributed by atoms with van der Waals surface area (Å²) in [5, 5.41) is 5.83. The lowest BCUT2D eigenvalue weighted by Gasteiger charge is -2.14. The first-order valence-electron chi connectivity index (χ1n) is 8.48. The maximum absolute atomic E-state index is 12.1. The summed E-state index contributed by atoms with van der Waals surface area (Å²) in [6, 6.07) is 8.36. The van der Waals surface area contributed by atoms with Gasteiger partial charge < -0.3 is 15.5 Å². The Hall–Kier alpha value is -1.88. The van der Waals surface area contributed by atoms with Gasteiger partial charge in [-0.05, 0) is 42.9 Å². The van der Waals surface area contributed by atoms with Crippen LogP contribution in [0.4, 0.5) is 5.69 Å². The molecule has 3 N–H and O–H groups in total. The van der Waals surface area contributed by atoms with E-state index in [2.05, 4.69) is 36.6 Å². The first-order chi connectivity index (χ1) is 11.0. The van der Waals surface area contributed by atoms with Crippen LogP contribution in [0.5, 0.6) is 0 Å². The summed E-state index contributed by atoms with van der Waals surface area (Å²) >= 11 is 0. The molecule has 0 bridgehead atoms. The first-order valence-corrected chi connectivity index (χ1v) is 8.48. The van der Waals surface area contributed by atoms with Crippen LogP contribution < -0.4 is 15.5 Å². The topological polar surface area (TPSA) is 62.6 Å². The Bertz CT molecular complexity index is 538. The highest BCUT2D eigenvalue weighted by Crippen LogP contribution is 2.20. The van der Waals surface area contributed by atoms with Crippen LogP contribution >= 0.6 is 0 Å². The fourth-order valence-corrected chi connectivity index (χ4v) is 2.45. The number of carbonyl (C=O) groups excluding carboxylic acids is 2. The normalized spacial score (nSPS) is 16.5. The van der Waals surface area contributed by atoms with E-state index in [4.69, 9.17) is 0 Å². The molecule has 1 aromatic carbocycles. The van der Waals surface area contributed by atoms with Crippen molar-refractivity contribution in [2.75, 3.05) is 25.5 Å². The van der Waals surface area contributed by atoms with E-state index < -0.39 is 0 Å². The van der Waals surface area contributed by atoms with E-state index in [1.165, 1.54) is 5.56 Å². The van der Waals surface area contributed by atoms with Gasteiger partial charge in [0.15, 0.2) is 13.1 Å². The van der Waals surface area contributed by atoms with Gasteiger partial charge in [0.05, 0.1) is 7.05 Å². The Morgan fingerprint density at radius 3 is 2.35 bits per heavy atom. The summed E-state index contributed by atoms with van der Waals surface area (Å²) in [7, 11) is 1.86. The second kappa shape index (κ2) is 8.11. The molecule has 0 aromatic heterocycles. The number of rotatable bonds is 8. The molecule has 1 aromatic rings. The second-order valence-corrected chi connectivity index (χ2v) is 6.63. The zero-order valence-corrected chi connectivity index (χ0v) is 14.3. The molecule has 0 aliphatic heterocycles. The smallest absolute Gasteiger partial charge is 0.279 e. The number of nitrogens with one attached hydrogen (secondary N) is 3. The molecule has 1 unspecified atom stereocenters. The van der Waals surface area contributed by atoms with E-state index >= 15 is 0 Å². The molecule has 1 saturated carbocycles. The lowest BCUT2D eigenvalue weighted by molar-refractivity contribution is -0.862. The SMILES string of the molecule is CC[C@H](C)c1ccc(NC(=O)C[NH+](C)CC(=O)NC2CC2)cc1. The summed E-state index contributed by atoms with van der Waals surface area (Å²) in [5.41, 5.74) is 2.09. The van der Waals surface area contributed by atoms with Gasteiger partial charge in [0.1, 0.15) is 0 Å². The molecular weight excluding hydrogens is 290 g/mol. The third-order valence-corrected chi connectivity index (χ3v) is 4.24. The first kappa shape index (κ1) is 17.5. The third kappa shape index (κ3) is 6.02. The monoisotopic (exact) mass is 318 g/mol. The summed E-state index contributed by atoms with van der Waals surface area (Å²) in [5.74, 6) is 0.481. The highest BCUT2D eigenvalue weighted by molar-refractivity contribution is 5.91. The molecule has 0 heterocycles. The van der Waals surface area contributed by atoms with Gasteiger partial charge in [-0.3, -0.25) is 9.59 Å². The van der Waals surface area contributed by atoms with Crippen molar-refractivity contribution in [3.63, 3.8) is 0 Å². The number of benzene rings is 1. The van der Waals surface area contributed by atoms with Gasteiger partial charge in [0, 0.05) is 11.7 Å². The predicted molar refractivity (Wildman–Crippen MR) is 91.6 cm³/mol. The maximum atomic E-state index is 12.1. The van der Waals surface area contributed by atoms with Gasteiger partial charge in [-0.25, -0.2) is 0 Å². The molecule has 5 heteroatoms. The highest BCUT2D eigenvalue weighted by Gasteiger charge is 2.24. The van der Waals surface area contributed by atoms with Crippen LogP contribution in [0.25, 0.3) is 0 Å². The number of anilines is 1. The lowest BCUT2D eigenvalue weighted by atomic mass is 9.99. The molecule has 0 spiro atoms. The van der Waals surface area contributed by atoms with Crippen molar-refractivity contribution in [2.45, 2.75) is 45.1 Å². The summed E-state index contributed by atoms with van der Waals surface area (Å²) in [6.45, 7) is 4.97. The molecule has 2 atom stereocenters. The molecule has 126 valence electrons. The molecule has 1 aliphatic rings. The fourth-order valence-electron chi connectivity index (χ4n) is 2.45. The van der Waals surface area contributed by atoms with E-state index in [1.807, 2.05) is 19.2 Å². The number of hydrogen-bond acceptors (Lipinski definition) is 2. The number of likely N-dealkylation sites (N-methyl/N-ethyl adjacent to an activating group) is 1. The van der Waals surface area contributed by atoms with E-state index in [0.29, 0.717) is 18.5 Å². The number of amides is 2. The number of quaternary nitrogens is 1. The average molecular weight is 318 g/mol. The number of hydrogen-bond donors (Lipinski definition) is 3. The van der Waals surface area contributed by atoms with Crippen LogP contribution in [-0.4, -0.2) is 38.0 Å². The minimum Gasteiger partial charge on any atom is -0.348 e. The van der Waals surface area contributed by atoms with Crippen LogP contribution in [-0.2, 0) is 9.59 Å². The van der Waals surface area contributed by atoms with Crippen LogP contribution in [0.1, 0.15) is 44.6 Å². The zero-order valence-electron chi connectivity index (χ0n) is 14.3. The standard InChI is InChI=1S/C18H27N3O2/c1-4-13(2)14-5-7-15(8-6-14)19-17(22)11-21(3)12-18(23)20-16-9-10-16/h5-8,13,16H,4,9-12H2,1-3H3,(H,19,22)(H,20,23)/p+1/t13-/m0/s1. The van der Waals surface area contributed by atoms with Gasteiger partial charge in [-0.15, -0.1) is 0 Å². The molecule has 23 heavy (non-hydrogen) atoms.